The quantitative estimate of drug-likeness (QED) is 0.894. The standard InChI is InChI=1S/C14H18ClN3/c1-3-13(16-4-2)12-7-5-6-8-14(12)18-10-11(15)9-17-18/h5-10,13,16H,3-4H2,1-2H3. The molecule has 0 bridgehead atoms. The molecule has 1 heterocycles. The molecule has 0 aliphatic rings. The Labute approximate surface area is 113 Å². The highest BCUT2D eigenvalue weighted by molar-refractivity contribution is 6.30. The number of rotatable bonds is 5. The molecule has 2 aromatic rings. The molecule has 0 saturated heterocycles. The van der Waals surface area contributed by atoms with Crippen LogP contribution < -0.4 is 5.32 Å². The Morgan fingerprint density at radius 2 is 2.11 bits per heavy atom. The number of hydrogen-bond acceptors (Lipinski definition) is 2. The Morgan fingerprint density at radius 3 is 2.72 bits per heavy atom. The second-order valence-corrected chi connectivity index (χ2v) is 4.62. The molecule has 96 valence electrons. The van der Waals surface area contributed by atoms with Crippen LogP contribution in [0.4, 0.5) is 0 Å². The van der Waals surface area contributed by atoms with Crippen molar-refractivity contribution in [2.24, 2.45) is 0 Å². The van der Waals surface area contributed by atoms with Gasteiger partial charge in [0, 0.05) is 12.2 Å². The molecule has 0 aliphatic heterocycles. The lowest BCUT2D eigenvalue weighted by Crippen LogP contribution is -2.21. The molecule has 1 aromatic carbocycles. The first-order valence-electron chi connectivity index (χ1n) is 6.29. The van der Waals surface area contributed by atoms with E-state index in [1.807, 2.05) is 16.9 Å². The van der Waals surface area contributed by atoms with Crippen molar-refractivity contribution >= 4 is 11.6 Å². The van der Waals surface area contributed by atoms with Crippen molar-refractivity contribution in [2.45, 2.75) is 26.3 Å². The van der Waals surface area contributed by atoms with E-state index in [1.165, 1.54) is 5.56 Å². The van der Waals surface area contributed by atoms with Crippen molar-refractivity contribution in [3.05, 3.63) is 47.2 Å². The van der Waals surface area contributed by atoms with Crippen molar-refractivity contribution in [3.63, 3.8) is 0 Å². The molecule has 1 N–H and O–H groups in total. The van der Waals surface area contributed by atoms with Gasteiger partial charge in [-0.05, 0) is 24.6 Å². The number of benzene rings is 1. The SMILES string of the molecule is CCNC(CC)c1ccccc1-n1cc(Cl)cn1. The van der Waals surface area contributed by atoms with E-state index in [9.17, 15) is 0 Å². The Morgan fingerprint density at radius 1 is 1.33 bits per heavy atom. The van der Waals surface area contributed by atoms with Gasteiger partial charge in [0.1, 0.15) is 0 Å². The fraction of sp³-hybridized carbons (Fsp3) is 0.357. The topological polar surface area (TPSA) is 29.9 Å². The molecule has 1 unspecified atom stereocenters. The van der Waals surface area contributed by atoms with Crippen molar-refractivity contribution in [1.29, 1.82) is 0 Å². The van der Waals surface area contributed by atoms with Gasteiger partial charge in [-0.3, -0.25) is 0 Å². The zero-order chi connectivity index (χ0) is 13.0. The van der Waals surface area contributed by atoms with Crippen LogP contribution in [0.2, 0.25) is 5.02 Å². The maximum atomic E-state index is 5.94. The van der Waals surface area contributed by atoms with Crippen LogP contribution in [0.5, 0.6) is 0 Å². The maximum Gasteiger partial charge on any atom is 0.0790 e. The number of hydrogen-bond donors (Lipinski definition) is 1. The van der Waals surface area contributed by atoms with Gasteiger partial charge in [-0.1, -0.05) is 43.6 Å². The van der Waals surface area contributed by atoms with E-state index >= 15 is 0 Å². The van der Waals surface area contributed by atoms with Gasteiger partial charge in [0.15, 0.2) is 0 Å². The van der Waals surface area contributed by atoms with Crippen LogP contribution >= 0.6 is 11.6 Å². The normalized spacial score (nSPS) is 12.6. The van der Waals surface area contributed by atoms with Crippen LogP contribution in [0.15, 0.2) is 36.7 Å². The molecule has 0 fully saturated rings. The summed E-state index contributed by atoms with van der Waals surface area (Å²) in [7, 11) is 0. The number of halogens is 1. The summed E-state index contributed by atoms with van der Waals surface area (Å²) in [6, 6.07) is 8.63. The molecule has 0 saturated carbocycles. The van der Waals surface area contributed by atoms with Gasteiger partial charge in [0.25, 0.3) is 0 Å². The third-order valence-corrected chi connectivity index (χ3v) is 3.16. The van der Waals surface area contributed by atoms with E-state index in [0.29, 0.717) is 11.1 Å². The second-order valence-electron chi connectivity index (χ2n) is 4.18. The van der Waals surface area contributed by atoms with Crippen molar-refractivity contribution in [3.8, 4) is 5.69 Å². The summed E-state index contributed by atoms with van der Waals surface area (Å²) in [5.74, 6) is 0. The first kappa shape index (κ1) is 13.1. The summed E-state index contributed by atoms with van der Waals surface area (Å²) in [5.41, 5.74) is 2.33. The predicted molar refractivity (Wildman–Crippen MR) is 75.3 cm³/mol. The lowest BCUT2D eigenvalue weighted by molar-refractivity contribution is 0.534. The van der Waals surface area contributed by atoms with Crippen molar-refractivity contribution in [1.82, 2.24) is 15.1 Å². The highest BCUT2D eigenvalue weighted by atomic mass is 35.5. The van der Waals surface area contributed by atoms with E-state index in [0.717, 1.165) is 18.7 Å². The molecule has 4 heteroatoms. The molecule has 0 aliphatic carbocycles. The number of nitrogens with one attached hydrogen (secondary N) is 1. The minimum Gasteiger partial charge on any atom is -0.310 e. The molecule has 0 amide bonds. The average Bonchev–Trinajstić information content (AvgIpc) is 2.82. The molecule has 1 aromatic heterocycles. The Bertz CT molecular complexity index is 507. The first-order chi connectivity index (χ1) is 8.76. The summed E-state index contributed by atoms with van der Waals surface area (Å²) in [6.07, 6.45) is 4.53. The molecule has 3 nitrogen and oxygen atoms in total. The Kier molecular flexibility index (Phi) is 4.39. The number of nitrogens with zero attached hydrogens (tertiary/aromatic N) is 2. The smallest absolute Gasteiger partial charge is 0.0790 e. The largest absolute Gasteiger partial charge is 0.310 e. The van der Waals surface area contributed by atoms with E-state index in [-0.39, 0.29) is 0 Å². The Balaban J connectivity index is 2.41. The third-order valence-electron chi connectivity index (χ3n) is 2.97. The number of para-hydroxylation sites is 1. The van der Waals surface area contributed by atoms with Crippen LogP contribution in [-0.4, -0.2) is 16.3 Å². The van der Waals surface area contributed by atoms with Crippen molar-refractivity contribution < 1.29 is 0 Å². The van der Waals surface area contributed by atoms with Crippen LogP contribution in [-0.2, 0) is 0 Å². The van der Waals surface area contributed by atoms with Gasteiger partial charge in [0.2, 0.25) is 0 Å². The maximum absolute atomic E-state index is 5.94. The lowest BCUT2D eigenvalue weighted by atomic mass is 10.0. The summed E-state index contributed by atoms with van der Waals surface area (Å²) in [6.45, 7) is 5.25. The number of aromatic nitrogens is 2. The average molecular weight is 264 g/mol. The molecular weight excluding hydrogens is 246 g/mol. The Hall–Kier alpha value is -1.32. The molecule has 1 atom stereocenters. The van der Waals surface area contributed by atoms with Crippen LogP contribution in [0.3, 0.4) is 0 Å². The zero-order valence-electron chi connectivity index (χ0n) is 10.7. The summed E-state index contributed by atoms with van der Waals surface area (Å²) in [4.78, 5) is 0. The third kappa shape index (κ3) is 2.74. The van der Waals surface area contributed by atoms with Crippen LogP contribution in [0.1, 0.15) is 31.9 Å². The molecule has 18 heavy (non-hydrogen) atoms. The molecule has 0 spiro atoms. The minimum atomic E-state index is 0.342. The molecule has 2 rings (SSSR count). The van der Waals surface area contributed by atoms with Crippen LogP contribution in [0.25, 0.3) is 5.69 Å². The monoisotopic (exact) mass is 263 g/mol. The van der Waals surface area contributed by atoms with Crippen molar-refractivity contribution in [2.75, 3.05) is 6.54 Å². The van der Waals surface area contributed by atoms with Gasteiger partial charge in [-0.2, -0.15) is 5.10 Å². The zero-order valence-corrected chi connectivity index (χ0v) is 11.5. The highest BCUT2D eigenvalue weighted by Crippen LogP contribution is 2.24. The fourth-order valence-corrected chi connectivity index (χ4v) is 2.28. The van der Waals surface area contributed by atoms with Crippen LogP contribution in [0, 0.1) is 0 Å². The van der Waals surface area contributed by atoms with Gasteiger partial charge < -0.3 is 5.32 Å². The van der Waals surface area contributed by atoms with Gasteiger partial charge in [-0.15, -0.1) is 0 Å². The predicted octanol–water partition coefficient (Wildman–Crippen LogP) is 3.59. The van der Waals surface area contributed by atoms with E-state index < -0.39 is 0 Å². The van der Waals surface area contributed by atoms with Gasteiger partial charge in [0.05, 0.1) is 16.9 Å². The van der Waals surface area contributed by atoms with E-state index in [4.69, 9.17) is 11.6 Å². The summed E-state index contributed by atoms with van der Waals surface area (Å²) < 4.78 is 1.83. The first-order valence-corrected chi connectivity index (χ1v) is 6.67. The summed E-state index contributed by atoms with van der Waals surface area (Å²) in [5, 5.41) is 8.43. The van der Waals surface area contributed by atoms with E-state index in [2.05, 4.69) is 42.5 Å². The minimum absolute atomic E-state index is 0.342. The fourth-order valence-electron chi connectivity index (χ4n) is 2.14. The molecular formula is C14H18ClN3. The molecule has 0 radical (unpaired) electrons. The lowest BCUT2D eigenvalue weighted by Gasteiger charge is -2.19. The highest BCUT2D eigenvalue weighted by Gasteiger charge is 2.13. The second kappa shape index (κ2) is 6.03. The van der Waals surface area contributed by atoms with E-state index in [1.54, 1.807) is 6.20 Å². The van der Waals surface area contributed by atoms with Gasteiger partial charge >= 0.3 is 0 Å². The van der Waals surface area contributed by atoms with Gasteiger partial charge in [-0.25, -0.2) is 4.68 Å². The summed E-state index contributed by atoms with van der Waals surface area (Å²) >= 11 is 5.94.